The van der Waals surface area contributed by atoms with Crippen LogP contribution in [0, 0.1) is 10.1 Å². The van der Waals surface area contributed by atoms with Crippen LogP contribution in [0.4, 0.5) is 5.69 Å². The second-order valence-corrected chi connectivity index (χ2v) is 3.41. The minimum atomic E-state index is -0.483. The molecule has 3 rings (SSSR count). The molecule has 3 aromatic rings. The molecule has 0 fully saturated rings. The van der Waals surface area contributed by atoms with E-state index in [4.69, 9.17) is 0 Å². The van der Waals surface area contributed by atoms with Gasteiger partial charge in [-0.25, -0.2) is 0 Å². The molecule has 11 nitrogen and oxygen atoms in total. The van der Waals surface area contributed by atoms with E-state index in [1.165, 1.54) is 29.1 Å². The van der Waals surface area contributed by atoms with Gasteiger partial charge >= 0.3 is 0 Å². The third kappa shape index (κ3) is 1.99. The molecular formula is C8H5N9O2. The summed E-state index contributed by atoms with van der Waals surface area (Å²) in [7, 11) is 0. The van der Waals surface area contributed by atoms with Crippen LogP contribution < -0.4 is 0 Å². The average Bonchev–Trinajstić information content (AvgIpc) is 3.10. The van der Waals surface area contributed by atoms with Crippen molar-refractivity contribution in [1.82, 2.24) is 40.8 Å². The Morgan fingerprint density at radius 1 is 1.16 bits per heavy atom. The van der Waals surface area contributed by atoms with Crippen LogP contribution in [-0.2, 0) is 0 Å². The number of hydrogen-bond acceptors (Lipinski definition) is 8. The molecule has 0 radical (unpaired) electrons. The van der Waals surface area contributed by atoms with Gasteiger partial charge in [0.2, 0.25) is 11.6 Å². The number of rotatable bonds is 3. The van der Waals surface area contributed by atoms with Gasteiger partial charge in [0.1, 0.15) is 0 Å². The number of hydrogen-bond donors (Lipinski definition) is 1. The minimum absolute atomic E-state index is 0.0118. The van der Waals surface area contributed by atoms with E-state index in [1.54, 1.807) is 0 Å². The summed E-state index contributed by atoms with van der Waals surface area (Å²) in [6.07, 6.45) is 0. The molecule has 2 heterocycles. The van der Waals surface area contributed by atoms with E-state index in [1.807, 2.05) is 0 Å². The van der Waals surface area contributed by atoms with Crippen molar-refractivity contribution in [2.24, 2.45) is 0 Å². The third-order valence-corrected chi connectivity index (χ3v) is 2.25. The number of non-ortho nitro benzene ring substituents is 1. The third-order valence-electron chi connectivity index (χ3n) is 2.25. The van der Waals surface area contributed by atoms with Crippen LogP contribution in [0.15, 0.2) is 24.3 Å². The van der Waals surface area contributed by atoms with Gasteiger partial charge in [0, 0.05) is 12.1 Å². The fourth-order valence-corrected chi connectivity index (χ4v) is 1.38. The number of nitrogens with zero attached hydrogens (tertiary/aromatic N) is 8. The number of tetrazole rings is 2. The maximum Gasteiger partial charge on any atom is 0.269 e. The largest absolute Gasteiger partial charge is 0.269 e. The van der Waals surface area contributed by atoms with E-state index >= 15 is 0 Å². The summed E-state index contributed by atoms with van der Waals surface area (Å²) in [4.78, 5) is 11.3. The second-order valence-electron chi connectivity index (χ2n) is 3.41. The van der Waals surface area contributed by atoms with Gasteiger partial charge < -0.3 is 0 Å². The van der Waals surface area contributed by atoms with Gasteiger partial charge in [-0.2, -0.15) is 5.21 Å². The summed E-state index contributed by atoms with van der Waals surface area (Å²) in [5.41, 5.74) is 0.523. The normalized spacial score (nSPS) is 10.5. The number of aromatic nitrogens is 8. The van der Waals surface area contributed by atoms with Crippen LogP contribution in [0.25, 0.3) is 17.3 Å². The summed E-state index contributed by atoms with van der Waals surface area (Å²) >= 11 is 0. The first-order valence-electron chi connectivity index (χ1n) is 5.03. The Labute approximate surface area is 104 Å². The molecule has 1 N–H and O–H groups in total. The molecule has 0 bridgehead atoms. The monoisotopic (exact) mass is 259 g/mol. The van der Waals surface area contributed by atoms with Gasteiger partial charge in [-0.1, -0.05) is 0 Å². The molecule has 0 saturated carbocycles. The Balaban J connectivity index is 1.92. The maximum absolute atomic E-state index is 10.5. The summed E-state index contributed by atoms with van der Waals surface area (Å²) in [6.45, 7) is 0. The van der Waals surface area contributed by atoms with Crippen LogP contribution in [0.1, 0.15) is 0 Å². The molecule has 0 aliphatic carbocycles. The highest BCUT2D eigenvalue weighted by Crippen LogP contribution is 2.14. The average molecular weight is 259 g/mol. The summed E-state index contributed by atoms with van der Waals surface area (Å²) in [5, 5.41) is 35.2. The summed E-state index contributed by atoms with van der Waals surface area (Å²) < 4.78 is 0. The fourth-order valence-electron chi connectivity index (χ4n) is 1.38. The zero-order valence-electron chi connectivity index (χ0n) is 9.20. The summed E-state index contributed by atoms with van der Waals surface area (Å²) in [5.74, 6) is 0.417. The first-order chi connectivity index (χ1) is 9.24. The van der Waals surface area contributed by atoms with Crippen molar-refractivity contribution in [3.63, 3.8) is 0 Å². The van der Waals surface area contributed by atoms with Gasteiger partial charge in [0.25, 0.3) is 5.69 Å². The van der Waals surface area contributed by atoms with Crippen LogP contribution in [0.2, 0.25) is 0 Å². The SMILES string of the molecule is O=[N+]([O-])c1ccc(-n2nnc(-c3nn[nH]n3)n2)cc1. The zero-order chi connectivity index (χ0) is 13.2. The quantitative estimate of drug-likeness (QED) is 0.501. The lowest BCUT2D eigenvalue weighted by atomic mass is 10.3. The number of nitro groups is 1. The predicted octanol–water partition coefficient (Wildman–Crippen LogP) is -0.249. The van der Waals surface area contributed by atoms with Gasteiger partial charge in [0.05, 0.1) is 10.6 Å². The van der Waals surface area contributed by atoms with Crippen molar-refractivity contribution in [3.8, 4) is 17.3 Å². The van der Waals surface area contributed by atoms with E-state index in [9.17, 15) is 10.1 Å². The van der Waals surface area contributed by atoms with Crippen LogP contribution in [-0.4, -0.2) is 45.8 Å². The number of aromatic amines is 1. The van der Waals surface area contributed by atoms with Crippen LogP contribution in [0.3, 0.4) is 0 Å². The standard InChI is InChI=1S/C8H5N9O2/c18-17(19)6-3-1-5(2-4-6)16-12-8(11-15-16)7-9-13-14-10-7/h1-4H,(H,9,10,13,14). The lowest BCUT2D eigenvalue weighted by Crippen LogP contribution is -1.99. The smallest absolute Gasteiger partial charge is 0.258 e. The fraction of sp³-hybridized carbons (Fsp3) is 0. The highest BCUT2D eigenvalue weighted by molar-refractivity contribution is 5.42. The first kappa shape index (κ1) is 10.9. The molecule has 0 aliphatic rings. The number of benzene rings is 1. The van der Waals surface area contributed by atoms with Crippen molar-refractivity contribution < 1.29 is 4.92 Å². The molecule has 2 aromatic heterocycles. The predicted molar refractivity (Wildman–Crippen MR) is 59.0 cm³/mol. The molecule has 0 aliphatic heterocycles. The molecule has 0 amide bonds. The topological polar surface area (TPSA) is 141 Å². The zero-order valence-corrected chi connectivity index (χ0v) is 9.20. The molecular weight excluding hydrogens is 254 g/mol. The minimum Gasteiger partial charge on any atom is -0.258 e. The Bertz CT molecular complexity index is 702. The first-order valence-corrected chi connectivity index (χ1v) is 5.03. The van der Waals surface area contributed by atoms with Crippen molar-refractivity contribution in [2.75, 3.05) is 0 Å². The highest BCUT2D eigenvalue weighted by atomic mass is 16.6. The van der Waals surface area contributed by atoms with Gasteiger partial charge in [-0.05, 0) is 22.6 Å². The molecule has 0 spiro atoms. The lowest BCUT2D eigenvalue weighted by molar-refractivity contribution is -0.384. The number of H-pyrrole nitrogens is 1. The van der Waals surface area contributed by atoms with Gasteiger partial charge in [-0.15, -0.1) is 25.2 Å². The number of nitrogens with one attached hydrogen (secondary N) is 1. The molecule has 0 unspecified atom stereocenters. The Hall–Kier alpha value is -3.24. The van der Waals surface area contributed by atoms with E-state index in [-0.39, 0.29) is 17.3 Å². The summed E-state index contributed by atoms with van der Waals surface area (Å²) in [6, 6.07) is 5.74. The van der Waals surface area contributed by atoms with Gasteiger partial charge in [-0.3, -0.25) is 10.1 Å². The van der Waals surface area contributed by atoms with E-state index in [2.05, 4.69) is 36.0 Å². The van der Waals surface area contributed by atoms with E-state index in [0.29, 0.717) is 5.69 Å². The Morgan fingerprint density at radius 2 is 1.95 bits per heavy atom. The molecule has 1 aromatic carbocycles. The van der Waals surface area contributed by atoms with Crippen molar-refractivity contribution in [1.29, 1.82) is 0 Å². The molecule has 94 valence electrons. The Morgan fingerprint density at radius 3 is 2.58 bits per heavy atom. The van der Waals surface area contributed by atoms with Gasteiger partial charge in [0.15, 0.2) is 0 Å². The maximum atomic E-state index is 10.5. The van der Waals surface area contributed by atoms with Crippen LogP contribution in [0.5, 0.6) is 0 Å². The lowest BCUT2D eigenvalue weighted by Gasteiger charge is -1.96. The van der Waals surface area contributed by atoms with Crippen molar-refractivity contribution in [3.05, 3.63) is 34.4 Å². The van der Waals surface area contributed by atoms with Crippen molar-refractivity contribution in [2.45, 2.75) is 0 Å². The van der Waals surface area contributed by atoms with Crippen molar-refractivity contribution >= 4 is 5.69 Å². The Kier molecular flexibility index (Phi) is 2.41. The van der Waals surface area contributed by atoms with Crippen LogP contribution >= 0.6 is 0 Å². The van der Waals surface area contributed by atoms with E-state index < -0.39 is 4.92 Å². The number of nitro benzene ring substituents is 1. The molecule has 0 atom stereocenters. The molecule has 11 heteroatoms. The molecule has 19 heavy (non-hydrogen) atoms. The van der Waals surface area contributed by atoms with E-state index in [0.717, 1.165) is 0 Å². The second kappa shape index (κ2) is 4.21. The highest BCUT2D eigenvalue weighted by Gasteiger charge is 2.12. The molecule has 0 saturated heterocycles.